The minimum atomic E-state index is -0.540. The Morgan fingerprint density at radius 1 is 1.37 bits per heavy atom. The van der Waals surface area contributed by atoms with E-state index in [4.69, 9.17) is 9.72 Å². The summed E-state index contributed by atoms with van der Waals surface area (Å²) in [6.45, 7) is 6.16. The summed E-state index contributed by atoms with van der Waals surface area (Å²) in [6, 6.07) is 5.88. The topological polar surface area (TPSA) is 58.2 Å². The second kappa shape index (κ2) is 6.72. The number of hydrogen-bond acceptors (Lipinski definition) is 3. The number of aromatic amines is 1. The summed E-state index contributed by atoms with van der Waals surface area (Å²) in [5.41, 5.74) is 3.97. The zero-order chi connectivity index (χ0) is 19.2. The van der Waals surface area contributed by atoms with E-state index in [0.717, 1.165) is 34.3 Å². The Balaban J connectivity index is 1.68. The smallest absolute Gasteiger partial charge is 0.411 e. The number of imidazole rings is 1. The molecule has 0 spiro atoms. The predicted molar refractivity (Wildman–Crippen MR) is 107 cm³/mol. The van der Waals surface area contributed by atoms with E-state index in [1.807, 2.05) is 26.8 Å². The van der Waals surface area contributed by atoms with Gasteiger partial charge in [0, 0.05) is 28.7 Å². The van der Waals surface area contributed by atoms with Crippen LogP contribution in [-0.2, 0) is 17.6 Å². The Morgan fingerprint density at radius 3 is 2.96 bits per heavy atom. The molecule has 1 N–H and O–H groups in total. The molecule has 0 radical (unpaired) electrons. The van der Waals surface area contributed by atoms with Crippen molar-refractivity contribution in [1.82, 2.24) is 14.9 Å². The number of hydrogen-bond donors (Lipinski definition) is 1. The maximum Gasteiger partial charge on any atom is 0.411 e. The number of benzene rings is 1. The molecule has 1 atom stereocenters. The van der Waals surface area contributed by atoms with E-state index in [0.29, 0.717) is 18.8 Å². The van der Waals surface area contributed by atoms with Gasteiger partial charge in [0.2, 0.25) is 0 Å². The normalized spacial score (nSPS) is 18.2. The average Bonchev–Trinajstić information content (AvgIpc) is 3.04. The number of aromatic nitrogens is 2. The molecule has 1 unspecified atom stereocenters. The number of ether oxygens (including phenoxy) is 1. The minimum Gasteiger partial charge on any atom is -0.444 e. The van der Waals surface area contributed by atoms with Crippen molar-refractivity contribution in [3.05, 3.63) is 39.8 Å². The number of rotatable bonds is 1. The molecule has 2 aliphatic rings. The predicted octanol–water partition coefficient (Wildman–Crippen LogP) is 4.62. The molecule has 6 heteroatoms. The van der Waals surface area contributed by atoms with Gasteiger partial charge in [-0.2, -0.15) is 0 Å². The molecular formula is C21H22BrN3O2. The molecule has 5 nitrogen and oxygen atoms in total. The molecule has 0 bridgehead atoms. The SMILES string of the molecule is CC(C)(C)OC(=O)N1CCC#CC1c1nc2c([nH]1)CCc1cc(Br)ccc1-2. The molecule has 1 aliphatic heterocycles. The molecule has 1 aliphatic carbocycles. The van der Waals surface area contributed by atoms with Crippen molar-refractivity contribution in [2.24, 2.45) is 0 Å². The van der Waals surface area contributed by atoms with E-state index in [2.05, 4.69) is 44.9 Å². The van der Waals surface area contributed by atoms with Crippen LogP contribution in [0.2, 0.25) is 0 Å². The summed E-state index contributed by atoms with van der Waals surface area (Å²) < 4.78 is 6.65. The van der Waals surface area contributed by atoms with Crippen LogP contribution >= 0.6 is 15.9 Å². The van der Waals surface area contributed by atoms with Crippen molar-refractivity contribution in [1.29, 1.82) is 0 Å². The Bertz CT molecular complexity index is 962. The third-order valence-electron chi connectivity index (χ3n) is 4.68. The number of amides is 1. The van der Waals surface area contributed by atoms with Crippen LogP contribution in [0.3, 0.4) is 0 Å². The van der Waals surface area contributed by atoms with Gasteiger partial charge in [0.15, 0.2) is 6.04 Å². The molecule has 27 heavy (non-hydrogen) atoms. The van der Waals surface area contributed by atoms with Crippen molar-refractivity contribution < 1.29 is 9.53 Å². The highest BCUT2D eigenvalue weighted by molar-refractivity contribution is 9.10. The first-order valence-electron chi connectivity index (χ1n) is 9.17. The second-order valence-corrected chi connectivity index (χ2v) is 8.81. The third-order valence-corrected chi connectivity index (χ3v) is 5.17. The lowest BCUT2D eigenvalue weighted by atomic mass is 9.92. The van der Waals surface area contributed by atoms with Gasteiger partial charge in [-0.05, 0) is 51.3 Å². The first kappa shape index (κ1) is 18.1. The number of aryl methyl sites for hydroxylation is 2. The largest absolute Gasteiger partial charge is 0.444 e. The fourth-order valence-corrected chi connectivity index (χ4v) is 3.92. The molecule has 0 saturated carbocycles. The molecule has 140 valence electrons. The minimum absolute atomic E-state index is 0.347. The quantitative estimate of drug-likeness (QED) is 0.675. The highest BCUT2D eigenvalue weighted by Crippen LogP contribution is 2.35. The van der Waals surface area contributed by atoms with Crippen LogP contribution in [0, 0.1) is 11.8 Å². The number of H-pyrrole nitrogens is 1. The molecule has 1 aromatic carbocycles. The first-order valence-corrected chi connectivity index (χ1v) is 9.97. The van der Waals surface area contributed by atoms with Crippen LogP contribution in [-0.4, -0.2) is 33.1 Å². The van der Waals surface area contributed by atoms with Crippen LogP contribution in [0.5, 0.6) is 0 Å². The van der Waals surface area contributed by atoms with Gasteiger partial charge in [-0.1, -0.05) is 33.8 Å². The van der Waals surface area contributed by atoms with Gasteiger partial charge in [0.05, 0.1) is 5.69 Å². The zero-order valence-electron chi connectivity index (χ0n) is 15.7. The summed E-state index contributed by atoms with van der Waals surface area (Å²) in [7, 11) is 0. The van der Waals surface area contributed by atoms with Gasteiger partial charge in [-0.25, -0.2) is 9.78 Å². The van der Waals surface area contributed by atoms with Gasteiger partial charge >= 0.3 is 6.09 Å². The van der Waals surface area contributed by atoms with E-state index in [1.54, 1.807) is 4.90 Å². The molecule has 0 saturated heterocycles. The number of carbonyl (C=O) groups excluding carboxylic acids is 1. The highest BCUT2D eigenvalue weighted by atomic mass is 79.9. The van der Waals surface area contributed by atoms with E-state index in [-0.39, 0.29) is 6.09 Å². The lowest BCUT2D eigenvalue weighted by molar-refractivity contribution is 0.0196. The Kier molecular flexibility index (Phi) is 4.51. The van der Waals surface area contributed by atoms with Gasteiger partial charge in [0.25, 0.3) is 0 Å². The van der Waals surface area contributed by atoms with Crippen molar-refractivity contribution in [3.63, 3.8) is 0 Å². The maximum atomic E-state index is 12.7. The van der Waals surface area contributed by atoms with Crippen molar-refractivity contribution in [2.45, 2.75) is 51.7 Å². The zero-order valence-corrected chi connectivity index (χ0v) is 17.3. The molecule has 2 aromatic rings. The van der Waals surface area contributed by atoms with Crippen LogP contribution in [0.1, 0.15) is 50.3 Å². The summed E-state index contributed by atoms with van der Waals surface area (Å²) in [6.07, 6.45) is 2.17. The number of halogens is 1. The third kappa shape index (κ3) is 3.61. The van der Waals surface area contributed by atoms with E-state index in [1.165, 1.54) is 5.56 Å². The second-order valence-electron chi connectivity index (χ2n) is 7.90. The van der Waals surface area contributed by atoms with E-state index in [9.17, 15) is 4.79 Å². The van der Waals surface area contributed by atoms with Crippen LogP contribution < -0.4 is 0 Å². The fourth-order valence-electron chi connectivity index (χ4n) is 3.51. The van der Waals surface area contributed by atoms with Gasteiger partial charge in [0.1, 0.15) is 11.4 Å². The lowest BCUT2D eigenvalue weighted by Crippen LogP contribution is -2.41. The number of fused-ring (bicyclic) bond motifs is 3. The summed E-state index contributed by atoms with van der Waals surface area (Å²) in [4.78, 5) is 22.6. The lowest BCUT2D eigenvalue weighted by Gasteiger charge is -2.31. The van der Waals surface area contributed by atoms with Gasteiger partial charge in [-0.15, -0.1) is 0 Å². The first-order chi connectivity index (χ1) is 12.8. The van der Waals surface area contributed by atoms with Crippen LogP contribution in [0.4, 0.5) is 4.79 Å². The molecule has 2 heterocycles. The number of nitrogens with one attached hydrogen (secondary N) is 1. The monoisotopic (exact) mass is 427 g/mol. The van der Waals surface area contributed by atoms with Crippen LogP contribution in [0.15, 0.2) is 22.7 Å². The summed E-state index contributed by atoms with van der Waals surface area (Å²) in [5, 5.41) is 0. The molecule has 1 amide bonds. The van der Waals surface area contributed by atoms with Gasteiger partial charge < -0.3 is 9.72 Å². The molecule has 4 rings (SSSR count). The van der Waals surface area contributed by atoms with E-state index < -0.39 is 11.6 Å². The maximum absolute atomic E-state index is 12.7. The van der Waals surface area contributed by atoms with E-state index >= 15 is 0 Å². The summed E-state index contributed by atoms with van der Waals surface area (Å²) in [5.74, 6) is 7.01. The molecule has 0 fully saturated rings. The van der Waals surface area contributed by atoms with Crippen molar-refractivity contribution in [3.8, 4) is 23.1 Å². The van der Waals surface area contributed by atoms with Gasteiger partial charge in [-0.3, -0.25) is 4.90 Å². The fraction of sp³-hybridized carbons (Fsp3) is 0.429. The summed E-state index contributed by atoms with van der Waals surface area (Å²) >= 11 is 3.54. The molecular weight excluding hydrogens is 406 g/mol. The van der Waals surface area contributed by atoms with Crippen molar-refractivity contribution in [2.75, 3.05) is 6.54 Å². The average molecular weight is 428 g/mol. The Labute approximate surface area is 167 Å². The Morgan fingerprint density at radius 2 is 2.19 bits per heavy atom. The van der Waals surface area contributed by atoms with Crippen LogP contribution in [0.25, 0.3) is 11.3 Å². The Hall–Kier alpha value is -2.26. The highest BCUT2D eigenvalue weighted by Gasteiger charge is 2.32. The van der Waals surface area contributed by atoms with Crippen molar-refractivity contribution >= 4 is 22.0 Å². The number of carbonyl (C=O) groups is 1. The molecule has 1 aromatic heterocycles. The standard InChI is InChI=1S/C21H22BrN3O2/c1-21(2,3)27-20(26)25-11-5-4-6-17(25)19-23-16-10-7-13-12-14(22)8-9-15(13)18(16)24-19/h8-9,12,17H,5,7,10-11H2,1-3H3,(H,23,24). The number of nitrogens with zero attached hydrogens (tertiary/aromatic N) is 2.